The van der Waals surface area contributed by atoms with Crippen LogP contribution in [0.5, 0.6) is 0 Å². The van der Waals surface area contributed by atoms with Crippen LogP contribution in [0.15, 0.2) is 47.6 Å². The van der Waals surface area contributed by atoms with Crippen molar-refractivity contribution in [2.45, 2.75) is 6.42 Å². The van der Waals surface area contributed by atoms with Crippen LogP contribution in [0.1, 0.15) is 0 Å². The number of anilines is 1. The van der Waals surface area contributed by atoms with Crippen molar-refractivity contribution in [1.29, 1.82) is 0 Å². The lowest BCUT2D eigenvalue weighted by molar-refractivity contribution is 0.350. The van der Waals surface area contributed by atoms with Crippen LogP contribution in [-0.2, 0) is 0 Å². The van der Waals surface area contributed by atoms with Gasteiger partial charge in [-0.05, 0) is 18.2 Å². The number of alkyl halides is 1. The summed E-state index contributed by atoms with van der Waals surface area (Å²) in [6.45, 7) is 0. The number of allylic oxidation sites excluding steroid dienone is 1. The molecule has 66 valence electrons. The van der Waals surface area contributed by atoms with Crippen LogP contribution in [-0.4, -0.2) is 12.6 Å². The van der Waals surface area contributed by atoms with E-state index in [2.05, 4.69) is 4.99 Å². The summed E-state index contributed by atoms with van der Waals surface area (Å²) in [4.78, 5) is 5.11. The minimum absolute atomic E-state index is 0.808. The maximum Gasteiger partial charge on any atom is 0.270 e. The van der Waals surface area contributed by atoms with Gasteiger partial charge in [0, 0.05) is 18.1 Å². The minimum Gasteiger partial charge on any atom is -0.299 e. The molecular formula is C10H9FN2. The first kappa shape index (κ1) is 7.98. The summed E-state index contributed by atoms with van der Waals surface area (Å²) in [6, 6.07) is 9.33. The molecule has 2 rings (SSSR count). The van der Waals surface area contributed by atoms with E-state index < -0.39 is 6.42 Å². The van der Waals surface area contributed by atoms with Gasteiger partial charge in [0.25, 0.3) is 6.42 Å². The molecule has 0 spiro atoms. The molecule has 0 radical (unpaired) electrons. The molecule has 2 nitrogen and oxygen atoms in total. The second-order valence-corrected chi connectivity index (χ2v) is 2.69. The Morgan fingerprint density at radius 3 is 2.69 bits per heavy atom. The lowest BCUT2D eigenvalue weighted by Gasteiger charge is -2.23. The van der Waals surface area contributed by atoms with Crippen molar-refractivity contribution in [2.24, 2.45) is 4.99 Å². The summed E-state index contributed by atoms with van der Waals surface area (Å²) in [5.74, 6) is 0. The third kappa shape index (κ3) is 1.59. The fourth-order valence-corrected chi connectivity index (χ4v) is 1.20. The predicted octanol–water partition coefficient (Wildman–Crippen LogP) is 2.34. The van der Waals surface area contributed by atoms with Gasteiger partial charge in [0.05, 0.1) is 0 Å². The molecule has 1 heterocycles. The summed E-state index contributed by atoms with van der Waals surface area (Å²) < 4.78 is 13.2. The van der Waals surface area contributed by atoms with Gasteiger partial charge in [-0.3, -0.25) is 4.90 Å². The Morgan fingerprint density at radius 2 is 2.00 bits per heavy atom. The van der Waals surface area contributed by atoms with E-state index in [9.17, 15) is 4.39 Å². The highest BCUT2D eigenvalue weighted by molar-refractivity contribution is 5.74. The second-order valence-electron chi connectivity index (χ2n) is 2.69. The van der Waals surface area contributed by atoms with Crippen molar-refractivity contribution < 1.29 is 4.39 Å². The van der Waals surface area contributed by atoms with Crippen molar-refractivity contribution >= 4 is 11.9 Å². The standard InChI is InChI=1S/C10H9FN2/c11-10-12-7-4-8-13(10)9-5-2-1-3-6-9/h1-8,10H. The Kier molecular flexibility index (Phi) is 2.08. The summed E-state index contributed by atoms with van der Waals surface area (Å²) in [5, 5.41) is 0. The van der Waals surface area contributed by atoms with Crippen molar-refractivity contribution in [2.75, 3.05) is 4.90 Å². The molecule has 0 aromatic heterocycles. The zero-order chi connectivity index (χ0) is 9.10. The number of hydrogen-bond donors (Lipinski definition) is 0. The van der Waals surface area contributed by atoms with E-state index in [1.807, 2.05) is 30.3 Å². The van der Waals surface area contributed by atoms with E-state index in [0.717, 1.165) is 5.69 Å². The van der Waals surface area contributed by atoms with Gasteiger partial charge in [-0.15, -0.1) is 0 Å². The minimum atomic E-state index is -1.30. The lowest BCUT2D eigenvalue weighted by atomic mass is 10.3. The van der Waals surface area contributed by atoms with Crippen LogP contribution in [0.3, 0.4) is 0 Å². The Balaban J connectivity index is 2.27. The third-order valence-electron chi connectivity index (χ3n) is 1.83. The molecule has 0 aliphatic carbocycles. The average Bonchev–Trinajstić information content (AvgIpc) is 2.20. The van der Waals surface area contributed by atoms with Crippen molar-refractivity contribution in [3.63, 3.8) is 0 Å². The Morgan fingerprint density at radius 1 is 1.23 bits per heavy atom. The maximum atomic E-state index is 13.2. The van der Waals surface area contributed by atoms with Crippen molar-refractivity contribution in [3.8, 4) is 0 Å². The molecule has 1 aromatic rings. The van der Waals surface area contributed by atoms with Gasteiger partial charge in [-0.25, -0.2) is 4.99 Å². The van der Waals surface area contributed by atoms with Gasteiger partial charge in [0.15, 0.2) is 0 Å². The van der Waals surface area contributed by atoms with E-state index in [1.54, 1.807) is 12.3 Å². The summed E-state index contributed by atoms with van der Waals surface area (Å²) >= 11 is 0. The van der Waals surface area contributed by atoms with Crippen LogP contribution >= 0.6 is 0 Å². The van der Waals surface area contributed by atoms with Crippen molar-refractivity contribution in [3.05, 3.63) is 42.6 Å². The fraction of sp³-hybridized carbons (Fsp3) is 0.100. The number of aliphatic imine (C=N–C) groups is 1. The monoisotopic (exact) mass is 176 g/mol. The smallest absolute Gasteiger partial charge is 0.270 e. The highest BCUT2D eigenvalue weighted by atomic mass is 19.1. The highest BCUT2D eigenvalue weighted by Crippen LogP contribution is 2.19. The number of nitrogens with zero attached hydrogens (tertiary/aromatic N) is 2. The van der Waals surface area contributed by atoms with Crippen LogP contribution in [0.2, 0.25) is 0 Å². The predicted molar refractivity (Wildman–Crippen MR) is 51.4 cm³/mol. The molecule has 0 bridgehead atoms. The van der Waals surface area contributed by atoms with E-state index in [4.69, 9.17) is 0 Å². The number of rotatable bonds is 1. The zero-order valence-electron chi connectivity index (χ0n) is 6.97. The molecule has 0 amide bonds. The second kappa shape index (κ2) is 3.39. The maximum absolute atomic E-state index is 13.2. The highest BCUT2D eigenvalue weighted by Gasteiger charge is 2.14. The van der Waals surface area contributed by atoms with Crippen LogP contribution < -0.4 is 4.90 Å². The van der Waals surface area contributed by atoms with Crippen molar-refractivity contribution in [1.82, 2.24) is 0 Å². The molecule has 0 N–H and O–H groups in total. The summed E-state index contributed by atoms with van der Waals surface area (Å²) in [6.07, 6.45) is 3.55. The fourth-order valence-electron chi connectivity index (χ4n) is 1.20. The van der Waals surface area contributed by atoms with Crippen LogP contribution in [0.4, 0.5) is 10.1 Å². The van der Waals surface area contributed by atoms with Gasteiger partial charge in [-0.2, -0.15) is 4.39 Å². The van der Waals surface area contributed by atoms with E-state index in [1.165, 1.54) is 11.1 Å². The molecular weight excluding hydrogens is 167 g/mol. The molecule has 1 aliphatic rings. The van der Waals surface area contributed by atoms with Gasteiger partial charge in [0.2, 0.25) is 0 Å². The van der Waals surface area contributed by atoms with E-state index in [0.29, 0.717) is 0 Å². The molecule has 1 atom stereocenters. The van der Waals surface area contributed by atoms with Gasteiger partial charge in [0.1, 0.15) is 0 Å². The largest absolute Gasteiger partial charge is 0.299 e. The average molecular weight is 176 g/mol. The van der Waals surface area contributed by atoms with Gasteiger partial charge >= 0.3 is 0 Å². The summed E-state index contributed by atoms with van der Waals surface area (Å²) in [7, 11) is 0. The first-order valence-corrected chi connectivity index (χ1v) is 4.05. The molecule has 0 fully saturated rings. The molecule has 0 saturated heterocycles. The van der Waals surface area contributed by atoms with E-state index in [-0.39, 0.29) is 0 Å². The number of halogens is 1. The zero-order valence-corrected chi connectivity index (χ0v) is 6.97. The first-order chi connectivity index (χ1) is 6.38. The number of benzene rings is 1. The number of hydrogen-bond acceptors (Lipinski definition) is 2. The van der Waals surface area contributed by atoms with Gasteiger partial charge in [-0.1, -0.05) is 18.2 Å². The first-order valence-electron chi connectivity index (χ1n) is 4.05. The summed E-state index contributed by atoms with van der Waals surface area (Å²) in [5.41, 5.74) is 0.808. The third-order valence-corrected chi connectivity index (χ3v) is 1.83. The molecule has 1 unspecified atom stereocenters. The molecule has 13 heavy (non-hydrogen) atoms. The molecule has 0 saturated carbocycles. The molecule has 1 aromatic carbocycles. The molecule has 1 aliphatic heterocycles. The van der Waals surface area contributed by atoms with E-state index >= 15 is 0 Å². The molecule has 3 heteroatoms. The van der Waals surface area contributed by atoms with Gasteiger partial charge < -0.3 is 0 Å². The van der Waals surface area contributed by atoms with Crippen LogP contribution in [0.25, 0.3) is 0 Å². The Labute approximate surface area is 76.0 Å². The SMILES string of the molecule is FC1N=CC=CN1c1ccccc1. The van der Waals surface area contributed by atoms with Crippen LogP contribution in [0, 0.1) is 0 Å². The normalized spacial score (nSPS) is 20.7. The number of para-hydroxylation sites is 1. The topological polar surface area (TPSA) is 15.6 Å². The Bertz CT molecular complexity index is 332. The Hall–Kier alpha value is -1.64. The lowest BCUT2D eigenvalue weighted by Crippen LogP contribution is -2.26. The quantitative estimate of drug-likeness (QED) is 0.599.